The van der Waals surface area contributed by atoms with Gasteiger partial charge in [-0.3, -0.25) is 4.79 Å². The third-order valence-corrected chi connectivity index (χ3v) is 11.6. The number of hydrogen-bond donors (Lipinski definition) is 1. The summed E-state index contributed by atoms with van der Waals surface area (Å²) in [6, 6.07) is 0. The molecule has 204 valence electrons. The Bertz CT molecular complexity index is 842. The molecule has 0 saturated heterocycles. The van der Waals surface area contributed by atoms with Gasteiger partial charge in [0.1, 0.15) is 6.10 Å². The molecule has 1 N–H and O–H groups in total. The van der Waals surface area contributed by atoms with E-state index in [-0.39, 0.29) is 17.5 Å². The Kier molecular flexibility index (Phi) is 8.50. The highest BCUT2D eigenvalue weighted by molar-refractivity contribution is 5.69. The number of aliphatic hydroxyl groups is 1. The average Bonchev–Trinajstić information content (AvgIpc) is 3.17. The van der Waals surface area contributed by atoms with Gasteiger partial charge >= 0.3 is 5.97 Å². The zero-order valence-corrected chi connectivity index (χ0v) is 24.3. The highest BCUT2D eigenvalue weighted by Crippen LogP contribution is 2.67. The third-order valence-electron chi connectivity index (χ3n) is 11.6. The fourth-order valence-corrected chi connectivity index (χ4v) is 9.45. The lowest BCUT2D eigenvalue weighted by Gasteiger charge is -2.60. The first-order chi connectivity index (χ1) is 17.1. The topological polar surface area (TPSA) is 46.5 Å². The van der Waals surface area contributed by atoms with Crippen molar-refractivity contribution in [3.63, 3.8) is 0 Å². The van der Waals surface area contributed by atoms with Crippen LogP contribution in [0.25, 0.3) is 0 Å². The molecule has 36 heavy (non-hydrogen) atoms. The van der Waals surface area contributed by atoms with Crippen molar-refractivity contribution >= 4 is 5.97 Å². The van der Waals surface area contributed by atoms with Gasteiger partial charge in [-0.2, -0.15) is 0 Å². The van der Waals surface area contributed by atoms with Gasteiger partial charge in [0.25, 0.3) is 0 Å². The van der Waals surface area contributed by atoms with E-state index in [0.29, 0.717) is 47.8 Å². The molecule has 10 atom stereocenters. The van der Waals surface area contributed by atoms with E-state index in [1.54, 1.807) is 0 Å². The summed E-state index contributed by atoms with van der Waals surface area (Å²) in [4.78, 5) is 12.6. The fourth-order valence-electron chi connectivity index (χ4n) is 9.45. The number of ether oxygens (including phenoxy) is 1. The molecule has 3 nitrogen and oxygen atoms in total. The molecule has 4 aliphatic rings. The van der Waals surface area contributed by atoms with Crippen LogP contribution in [-0.4, -0.2) is 23.3 Å². The molecule has 3 fully saturated rings. The summed E-state index contributed by atoms with van der Waals surface area (Å²) >= 11 is 0. The number of rotatable bonds is 8. The summed E-state index contributed by atoms with van der Waals surface area (Å²) in [5.41, 5.74) is 1.64. The summed E-state index contributed by atoms with van der Waals surface area (Å²) in [5, 5.41) is 10.7. The predicted octanol–water partition coefficient (Wildman–Crippen LogP) is 8.12. The van der Waals surface area contributed by atoms with Crippen molar-refractivity contribution in [3.8, 4) is 0 Å². The van der Waals surface area contributed by atoms with Crippen LogP contribution in [0.4, 0.5) is 0 Å². The Morgan fingerprint density at radius 1 is 1.14 bits per heavy atom. The Labute approximate surface area is 221 Å². The van der Waals surface area contributed by atoms with Crippen LogP contribution in [0.5, 0.6) is 0 Å². The van der Waals surface area contributed by atoms with E-state index in [0.717, 1.165) is 31.1 Å². The molecule has 0 spiro atoms. The van der Waals surface area contributed by atoms with Crippen molar-refractivity contribution in [2.45, 2.75) is 125 Å². The molecular formula is C33H54O3. The predicted molar refractivity (Wildman–Crippen MR) is 148 cm³/mol. The zero-order valence-electron chi connectivity index (χ0n) is 24.3. The first kappa shape index (κ1) is 27.9. The number of allylic oxidation sites excluding steroid dienone is 3. The monoisotopic (exact) mass is 498 g/mol. The molecule has 0 aromatic carbocycles. The van der Waals surface area contributed by atoms with E-state index in [1.165, 1.54) is 37.7 Å². The molecule has 0 aromatic heterocycles. The van der Waals surface area contributed by atoms with Crippen molar-refractivity contribution in [2.24, 2.45) is 52.3 Å². The van der Waals surface area contributed by atoms with Gasteiger partial charge in [-0.25, -0.2) is 0 Å². The first-order valence-corrected chi connectivity index (χ1v) is 15.3. The Balaban J connectivity index is 1.56. The highest BCUT2D eigenvalue weighted by Gasteiger charge is 2.61. The molecule has 0 bridgehead atoms. The van der Waals surface area contributed by atoms with Crippen LogP contribution in [0.2, 0.25) is 0 Å². The second-order valence-corrected chi connectivity index (χ2v) is 13.7. The molecule has 3 heteroatoms. The molecule has 4 rings (SSSR count). The summed E-state index contributed by atoms with van der Waals surface area (Å²) in [6.07, 6.45) is 17.1. The van der Waals surface area contributed by atoms with Crippen LogP contribution in [0, 0.1) is 52.3 Å². The lowest BCUT2D eigenvalue weighted by atomic mass is 9.46. The molecule has 0 aromatic rings. The maximum atomic E-state index is 12.6. The summed E-state index contributed by atoms with van der Waals surface area (Å²) < 4.78 is 6.15. The molecular weight excluding hydrogens is 444 g/mol. The lowest BCUT2D eigenvalue weighted by molar-refractivity contribution is -0.169. The van der Waals surface area contributed by atoms with Crippen molar-refractivity contribution < 1.29 is 14.6 Å². The maximum absolute atomic E-state index is 12.6. The second-order valence-electron chi connectivity index (χ2n) is 13.7. The normalized spacial score (nSPS) is 41.9. The second kappa shape index (κ2) is 11.0. The summed E-state index contributed by atoms with van der Waals surface area (Å²) in [7, 11) is 0. The van der Waals surface area contributed by atoms with Gasteiger partial charge in [-0.05, 0) is 98.2 Å². The van der Waals surface area contributed by atoms with Gasteiger partial charge in [-0.1, -0.05) is 72.3 Å². The minimum absolute atomic E-state index is 0.0896. The van der Waals surface area contributed by atoms with Crippen LogP contribution >= 0.6 is 0 Å². The number of carbonyl (C=O) groups excluding carboxylic acids is 1. The Morgan fingerprint density at radius 3 is 2.56 bits per heavy atom. The molecule has 0 radical (unpaired) electrons. The molecule has 1 unspecified atom stereocenters. The van der Waals surface area contributed by atoms with E-state index in [4.69, 9.17) is 4.74 Å². The van der Waals surface area contributed by atoms with Crippen LogP contribution in [0.15, 0.2) is 23.8 Å². The molecule has 0 amide bonds. The largest absolute Gasteiger partial charge is 0.461 e. The lowest BCUT2D eigenvalue weighted by Crippen LogP contribution is -2.56. The fraction of sp³-hybridized carbons (Fsp3) is 0.848. The average molecular weight is 499 g/mol. The van der Waals surface area contributed by atoms with E-state index in [1.807, 2.05) is 6.92 Å². The zero-order chi connectivity index (χ0) is 26.3. The van der Waals surface area contributed by atoms with E-state index in [2.05, 4.69) is 59.8 Å². The summed E-state index contributed by atoms with van der Waals surface area (Å²) in [6.45, 7) is 16.5. The molecule has 4 aliphatic carbocycles. The van der Waals surface area contributed by atoms with E-state index < -0.39 is 6.10 Å². The quantitative estimate of drug-likeness (QED) is 0.271. The van der Waals surface area contributed by atoms with Gasteiger partial charge in [0.15, 0.2) is 0 Å². The number of aliphatic hydroxyl groups excluding tert-OH is 1. The standard InChI is InChI=1S/C33H54O3/c1-8-10-31(35)36-30-20-25(34)19-24-13-14-26-28-16-15-27(22(5)11-12-23(9-2)21(3)4)32(28,6)18-17-29(26)33(24,30)7/h11-13,21-23,25-30,34H,8-10,14-20H2,1-7H3/b12-11+/t22-,23+,25+,26+,27-,28+,29+,30?,32-,33+/m1/s1. The van der Waals surface area contributed by atoms with Crippen molar-refractivity contribution in [2.75, 3.05) is 0 Å². The molecule has 3 saturated carbocycles. The van der Waals surface area contributed by atoms with E-state index in [9.17, 15) is 9.90 Å². The Morgan fingerprint density at radius 2 is 1.89 bits per heavy atom. The van der Waals surface area contributed by atoms with Gasteiger partial charge < -0.3 is 9.84 Å². The SMILES string of the molecule is CCCC(=O)OC1C[C@@H](O)CC2=CC[C@H]3[C@@H]4CC[C@H]([C@H](C)/C=C/[C@H](CC)C(C)C)[C@@]4(C)CC[C@@H]3[C@]21C. The smallest absolute Gasteiger partial charge is 0.306 e. The maximum Gasteiger partial charge on any atom is 0.306 e. The van der Waals surface area contributed by atoms with Crippen molar-refractivity contribution in [1.82, 2.24) is 0 Å². The van der Waals surface area contributed by atoms with Gasteiger partial charge in [0, 0.05) is 18.3 Å². The van der Waals surface area contributed by atoms with Crippen LogP contribution in [0.3, 0.4) is 0 Å². The van der Waals surface area contributed by atoms with E-state index >= 15 is 0 Å². The number of fused-ring (bicyclic) bond motifs is 5. The van der Waals surface area contributed by atoms with Gasteiger partial charge in [-0.15, -0.1) is 0 Å². The Hall–Kier alpha value is -1.09. The van der Waals surface area contributed by atoms with Gasteiger partial charge in [0.2, 0.25) is 0 Å². The third kappa shape index (κ3) is 4.87. The molecule has 0 heterocycles. The van der Waals surface area contributed by atoms with Crippen molar-refractivity contribution in [1.29, 1.82) is 0 Å². The van der Waals surface area contributed by atoms with Crippen LogP contribution in [0.1, 0.15) is 113 Å². The number of esters is 1. The minimum Gasteiger partial charge on any atom is -0.461 e. The van der Waals surface area contributed by atoms with Gasteiger partial charge in [0.05, 0.1) is 6.10 Å². The minimum atomic E-state index is -0.393. The highest BCUT2D eigenvalue weighted by atomic mass is 16.5. The first-order valence-electron chi connectivity index (χ1n) is 15.3. The number of hydrogen-bond acceptors (Lipinski definition) is 3. The number of carbonyl (C=O) groups is 1. The molecule has 0 aliphatic heterocycles. The van der Waals surface area contributed by atoms with Crippen molar-refractivity contribution in [3.05, 3.63) is 23.8 Å². The van der Waals surface area contributed by atoms with Crippen LogP contribution in [-0.2, 0) is 9.53 Å². The van der Waals surface area contributed by atoms with Crippen LogP contribution < -0.4 is 0 Å². The summed E-state index contributed by atoms with van der Waals surface area (Å²) in [5.74, 6) is 4.65.